The SMILES string of the molecule is O=C(CCCCCNC(=O)c1ccccc1Cl)N/N=C/c1ccccc1O. The average molecular weight is 388 g/mol. The molecule has 0 aromatic heterocycles. The molecule has 2 aromatic carbocycles. The third kappa shape index (κ3) is 7.11. The van der Waals surface area contributed by atoms with E-state index in [-0.39, 0.29) is 17.6 Å². The molecule has 6 nitrogen and oxygen atoms in total. The average Bonchev–Trinajstić information content (AvgIpc) is 2.66. The van der Waals surface area contributed by atoms with Gasteiger partial charge in [-0.25, -0.2) is 5.43 Å². The summed E-state index contributed by atoms with van der Waals surface area (Å²) in [7, 11) is 0. The lowest BCUT2D eigenvalue weighted by Crippen LogP contribution is -2.24. The van der Waals surface area contributed by atoms with Gasteiger partial charge in [0.25, 0.3) is 5.91 Å². The summed E-state index contributed by atoms with van der Waals surface area (Å²) in [5.41, 5.74) is 3.42. The zero-order valence-corrected chi connectivity index (χ0v) is 15.6. The molecule has 0 atom stereocenters. The lowest BCUT2D eigenvalue weighted by atomic mass is 10.1. The molecule has 0 saturated heterocycles. The van der Waals surface area contributed by atoms with Crippen molar-refractivity contribution in [2.45, 2.75) is 25.7 Å². The van der Waals surface area contributed by atoms with E-state index >= 15 is 0 Å². The Bertz CT molecular complexity index is 809. The molecule has 0 aliphatic carbocycles. The first-order chi connectivity index (χ1) is 13.1. The van der Waals surface area contributed by atoms with Crippen LogP contribution in [0.2, 0.25) is 5.02 Å². The molecule has 0 saturated carbocycles. The molecule has 2 aromatic rings. The van der Waals surface area contributed by atoms with Crippen LogP contribution in [0.5, 0.6) is 5.75 Å². The summed E-state index contributed by atoms with van der Waals surface area (Å²) in [6.07, 6.45) is 4.01. The van der Waals surface area contributed by atoms with Crippen molar-refractivity contribution < 1.29 is 14.7 Å². The molecule has 3 N–H and O–H groups in total. The van der Waals surface area contributed by atoms with Crippen LogP contribution in [0.3, 0.4) is 0 Å². The van der Waals surface area contributed by atoms with Crippen LogP contribution in [0, 0.1) is 0 Å². The predicted molar refractivity (Wildman–Crippen MR) is 106 cm³/mol. The second-order valence-corrected chi connectivity index (χ2v) is 6.31. The molecule has 0 aliphatic heterocycles. The van der Waals surface area contributed by atoms with Crippen LogP contribution in [0.4, 0.5) is 0 Å². The van der Waals surface area contributed by atoms with E-state index in [1.165, 1.54) is 6.21 Å². The summed E-state index contributed by atoms with van der Waals surface area (Å²) in [5.74, 6) is -0.284. The Labute approximate surface area is 163 Å². The third-order valence-electron chi connectivity index (χ3n) is 3.81. The Hall–Kier alpha value is -2.86. The number of benzene rings is 2. The number of aromatic hydroxyl groups is 1. The molecule has 0 unspecified atom stereocenters. The molecule has 0 radical (unpaired) electrons. The molecular weight excluding hydrogens is 366 g/mol. The number of rotatable bonds is 9. The quantitative estimate of drug-likeness (QED) is 0.349. The largest absolute Gasteiger partial charge is 0.507 e. The summed E-state index contributed by atoms with van der Waals surface area (Å²) >= 11 is 5.98. The van der Waals surface area contributed by atoms with Crippen LogP contribution in [0.15, 0.2) is 53.6 Å². The number of hydrogen-bond donors (Lipinski definition) is 3. The van der Waals surface area contributed by atoms with Crippen molar-refractivity contribution in [1.29, 1.82) is 0 Å². The molecule has 7 heteroatoms. The monoisotopic (exact) mass is 387 g/mol. The maximum absolute atomic E-state index is 12.0. The van der Waals surface area contributed by atoms with E-state index in [1.54, 1.807) is 48.5 Å². The first-order valence-electron chi connectivity index (χ1n) is 8.70. The molecule has 2 rings (SSSR count). The highest BCUT2D eigenvalue weighted by molar-refractivity contribution is 6.33. The molecule has 142 valence electrons. The van der Waals surface area contributed by atoms with E-state index in [4.69, 9.17) is 11.6 Å². The van der Waals surface area contributed by atoms with E-state index in [0.29, 0.717) is 35.5 Å². The van der Waals surface area contributed by atoms with E-state index in [0.717, 1.165) is 12.8 Å². The highest BCUT2D eigenvalue weighted by Crippen LogP contribution is 2.14. The molecule has 2 amide bonds. The van der Waals surface area contributed by atoms with Crippen LogP contribution in [0.1, 0.15) is 41.6 Å². The molecule has 0 aliphatic rings. The van der Waals surface area contributed by atoms with Crippen molar-refractivity contribution >= 4 is 29.6 Å². The van der Waals surface area contributed by atoms with Gasteiger partial charge in [-0.1, -0.05) is 42.3 Å². The molecule has 0 fully saturated rings. The van der Waals surface area contributed by atoms with Crippen molar-refractivity contribution in [1.82, 2.24) is 10.7 Å². The van der Waals surface area contributed by atoms with E-state index < -0.39 is 0 Å². The van der Waals surface area contributed by atoms with E-state index in [2.05, 4.69) is 15.8 Å². The van der Waals surface area contributed by atoms with Crippen LogP contribution < -0.4 is 10.7 Å². The second kappa shape index (κ2) is 11.0. The fourth-order valence-electron chi connectivity index (χ4n) is 2.36. The van der Waals surface area contributed by atoms with Gasteiger partial charge in [0, 0.05) is 18.5 Å². The van der Waals surface area contributed by atoms with Crippen molar-refractivity contribution in [3.63, 3.8) is 0 Å². The first-order valence-corrected chi connectivity index (χ1v) is 9.08. The van der Waals surface area contributed by atoms with Crippen molar-refractivity contribution in [3.8, 4) is 5.75 Å². The Balaban J connectivity index is 1.57. The van der Waals surface area contributed by atoms with Crippen molar-refractivity contribution in [2.75, 3.05) is 6.54 Å². The van der Waals surface area contributed by atoms with Gasteiger partial charge in [0.1, 0.15) is 5.75 Å². The van der Waals surface area contributed by atoms with Gasteiger partial charge < -0.3 is 10.4 Å². The van der Waals surface area contributed by atoms with Gasteiger partial charge in [0.15, 0.2) is 0 Å². The number of phenolic OH excluding ortho intramolecular Hbond substituents is 1. The van der Waals surface area contributed by atoms with Gasteiger partial charge in [-0.15, -0.1) is 0 Å². The lowest BCUT2D eigenvalue weighted by molar-refractivity contribution is -0.121. The summed E-state index contributed by atoms with van der Waals surface area (Å²) in [6, 6.07) is 13.6. The topological polar surface area (TPSA) is 90.8 Å². The molecule has 0 heterocycles. The highest BCUT2D eigenvalue weighted by atomic mass is 35.5. The predicted octanol–water partition coefficient (Wildman–Crippen LogP) is 3.49. The number of unbranched alkanes of at least 4 members (excludes halogenated alkanes) is 2. The molecular formula is C20H22ClN3O3. The van der Waals surface area contributed by atoms with Crippen molar-refractivity contribution in [2.24, 2.45) is 5.10 Å². The number of nitrogens with one attached hydrogen (secondary N) is 2. The Morgan fingerprint density at radius 1 is 1.04 bits per heavy atom. The Morgan fingerprint density at radius 2 is 1.78 bits per heavy atom. The van der Waals surface area contributed by atoms with Gasteiger partial charge in [0.05, 0.1) is 16.8 Å². The maximum atomic E-state index is 12.0. The van der Waals surface area contributed by atoms with E-state index in [1.807, 2.05) is 0 Å². The number of carbonyl (C=O) groups excluding carboxylic acids is 2. The minimum atomic E-state index is -0.197. The summed E-state index contributed by atoms with van der Waals surface area (Å²) in [6.45, 7) is 0.525. The third-order valence-corrected chi connectivity index (χ3v) is 4.14. The van der Waals surface area contributed by atoms with Crippen LogP contribution >= 0.6 is 11.6 Å². The fraction of sp³-hybridized carbons (Fsp3) is 0.250. The van der Waals surface area contributed by atoms with Gasteiger partial charge in [0.2, 0.25) is 5.91 Å². The minimum Gasteiger partial charge on any atom is -0.507 e. The molecule has 27 heavy (non-hydrogen) atoms. The van der Waals surface area contributed by atoms with Crippen LogP contribution in [-0.4, -0.2) is 29.7 Å². The standard InChI is InChI=1S/C20H22ClN3O3/c21-17-10-5-4-9-16(17)20(27)22-13-7-1-2-12-19(26)24-23-14-15-8-3-6-11-18(15)25/h3-6,8-11,14,25H,1-2,7,12-13H2,(H,22,27)(H,24,26)/b23-14+. The lowest BCUT2D eigenvalue weighted by Gasteiger charge is -2.06. The van der Waals surface area contributed by atoms with Gasteiger partial charge in [-0.3, -0.25) is 9.59 Å². The van der Waals surface area contributed by atoms with Crippen LogP contribution in [0.25, 0.3) is 0 Å². The Kier molecular flexibility index (Phi) is 8.32. The first kappa shape index (κ1) is 20.5. The zero-order valence-electron chi connectivity index (χ0n) is 14.8. The molecule has 0 spiro atoms. The number of hydrogen-bond acceptors (Lipinski definition) is 4. The van der Waals surface area contributed by atoms with Gasteiger partial charge >= 0.3 is 0 Å². The number of phenols is 1. The normalized spacial score (nSPS) is 10.7. The summed E-state index contributed by atoms with van der Waals surface area (Å²) in [5, 5.41) is 16.7. The minimum absolute atomic E-state index is 0.106. The second-order valence-electron chi connectivity index (χ2n) is 5.90. The van der Waals surface area contributed by atoms with Gasteiger partial charge in [-0.2, -0.15) is 5.10 Å². The Morgan fingerprint density at radius 3 is 2.56 bits per heavy atom. The van der Waals surface area contributed by atoms with Crippen LogP contribution in [-0.2, 0) is 4.79 Å². The fourth-order valence-corrected chi connectivity index (χ4v) is 2.58. The highest BCUT2D eigenvalue weighted by Gasteiger charge is 2.08. The number of nitrogens with zero attached hydrogens (tertiary/aromatic N) is 1. The van der Waals surface area contributed by atoms with E-state index in [9.17, 15) is 14.7 Å². The summed E-state index contributed by atoms with van der Waals surface area (Å²) < 4.78 is 0. The van der Waals surface area contributed by atoms with Crippen molar-refractivity contribution in [3.05, 3.63) is 64.7 Å². The number of halogens is 1. The smallest absolute Gasteiger partial charge is 0.252 e. The zero-order chi connectivity index (χ0) is 19.5. The maximum Gasteiger partial charge on any atom is 0.252 e. The summed E-state index contributed by atoms with van der Waals surface area (Å²) in [4.78, 5) is 23.7. The number of amides is 2. The number of hydrazone groups is 1. The number of carbonyl (C=O) groups is 2. The van der Waals surface area contributed by atoms with Gasteiger partial charge in [-0.05, 0) is 37.1 Å². The number of para-hydroxylation sites is 1. The molecule has 0 bridgehead atoms.